The first-order valence-electron chi connectivity index (χ1n) is 11.6. The van der Waals surface area contributed by atoms with E-state index >= 15 is 0 Å². The smallest absolute Gasteiger partial charge is 0.224 e. The third-order valence-corrected chi connectivity index (χ3v) is 5.80. The van der Waals surface area contributed by atoms with Gasteiger partial charge in [0.1, 0.15) is 5.69 Å². The Kier molecular flexibility index (Phi) is 5.38. The summed E-state index contributed by atoms with van der Waals surface area (Å²) >= 11 is 0. The molecular formula is C26H21N9O. The summed E-state index contributed by atoms with van der Waals surface area (Å²) in [5.41, 5.74) is 6.65. The molecule has 0 aliphatic heterocycles. The molecule has 0 bridgehead atoms. The fourth-order valence-electron chi connectivity index (χ4n) is 4.11. The summed E-state index contributed by atoms with van der Waals surface area (Å²) in [5, 5.41) is 11.3. The van der Waals surface area contributed by atoms with Gasteiger partial charge in [-0.2, -0.15) is 5.10 Å². The fraction of sp³-hybridized carbons (Fsp3) is 0.115. The van der Waals surface area contributed by atoms with Gasteiger partial charge in [-0.15, -0.1) is 0 Å². The first kappa shape index (κ1) is 21.5. The van der Waals surface area contributed by atoms with Gasteiger partial charge in [0.25, 0.3) is 0 Å². The predicted molar refractivity (Wildman–Crippen MR) is 137 cm³/mol. The van der Waals surface area contributed by atoms with Crippen molar-refractivity contribution in [2.75, 3.05) is 5.32 Å². The second-order valence-corrected chi connectivity index (χ2v) is 8.31. The van der Waals surface area contributed by atoms with Crippen LogP contribution in [-0.4, -0.2) is 46.0 Å². The number of imidazole rings is 1. The molecule has 0 aromatic carbocycles. The molecular weight excluding hydrogens is 454 g/mol. The second kappa shape index (κ2) is 8.99. The largest absolute Gasteiger partial charge is 0.335 e. The van der Waals surface area contributed by atoms with Crippen molar-refractivity contribution in [3.63, 3.8) is 0 Å². The first-order chi connectivity index (χ1) is 17.7. The zero-order valence-electron chi connectivity index (χ0n) is 19.4. The summed E-state index contributed by atoms with van der Waals surface area (Å²) in [6.45, 7) is 1.97. The molecule has 0 aliphatic rings. The van der Waals surface area contributed by atoms with E-state index < -0.39 is 0 Å². The molecule has 10 heteroatoms. The quantitative estimate of drug-likeness (QED) is 0.316. The molecule has 0 fully saturated rings. The molecule has 36 heavy (non-hydrogen) atoms. The number of pyridine rings is 4. The Morgan fingerprint density at radius 1 is 1.00 bits per heavy atom. The van der Waals surface area contributed by atoms with Crippen LogP contribution in [0.5, 0.6) is 0 Å². The number of anilines is 1. The van der Waals surface area contributed by atoms with Crippen LogP contribution >= 0.6 is 0 Å². The summed E-state index contributed by atoms with van der Waals surface area (Å²) in [7, 11) is 0. The number of H-pyrrole nitrogens is 2. The van der Waals surface area contributed by atoms with Gasteiger partial charge in [-0.05, 0) is 36.8 Å². The van der Waals surface area contributed by atoms with Gasteiger partial charge in [-0.25, -0.2) is 9.97 Å². The number of hydrogen-bond donors (Lipinski definition) is 3. The van der Waals surface area contributed by atoms with Crippen molar-refractivity contribution < 1.29 is 4.79 Å². The Bertz CT molecular complexity index is 1710. The molecule has 0 spiro atoms. The SMILES string of the molecule is CCCC(=O)Nc1cncc(-c2cc3c(-c4nc5nccc(-c6ccccn6)c5[nH]4)n[nH]c3cn2)c1. The highest BCUT2D eigenvalue weighted by Gasteiger charge is 2.17. The van der Waals surface area contributed by atoms with Crippen molar-refractivity contribution in [2.45, 2.75) is 19.8 Å². The summed E-state index contributed by atoms with van der Waals surface area (Å²) in [4.78, 5) is 37.8. The number of aromatic amines is 2. The van der Waals surface area contributed by atoms with Crippen LogP contribution in [0.1, 0.15) is 19.8 Å². The maximum Gasteiger partial charge on any atom is 0.224 e. The molecule has 6 aromatic heterocycles. The molecule has 0 unspecified atom stereocenters. The molecule has 0 saturated heterocycles. The lowest BCUT2D eigenvalue weighted by Crippen LogP contribution is -2.10. The average Bonchev–Trinajstić information content (AvgIpc) is 3.53. The van der Waals surface area contributed by atoms with E-state index in [0.717, 1.165) is 39.7 Å². The van der Waals surface area contributed by atoms with Crippen molar-refractivity contribution in [2.24, 2.45) is 0 Å². The van der Waals surface area contributed by atoms with Crippen LogP contribution in [0.4, 0.5) is 5.69 Å². The molecule has 10 nitrogen and oxygen atoms in total. The van der Waals surface area contributed by atoms with Gasteiger partial charge >= 0.3 is 0 Å². The molecule has 0 aliphatic carbocycles. The monoisotopic (exact) mass is 475 g/mol. The van der Waals surface area contributed by atoms with Crippen molar-refractivity contribution >= 4 is 33.7 Å². The van der Waals surface area contributed by atoms with Gasteiger partial charge in [0.05, 0.1) is 40.5 Å². The Morgan fingerprint density at radius 3 is 2.81 bits per heavy atom. The number of amides is 1. The topological polar surface area (TPSA) is 138 Å². The van der Waals surface area contributed by atoms with E-state index in [1.54, 1.807) is 31.0 Å². The Hall–Kier alpha value is -4.99. The minimum atomic E-state index is -0.0412. The molecule has 6 heterocycles. The molecule has 0 saturated carbocycles. The molecule has 176 valence electrons. The van der Waals surface area contributed by atoms with Crippen molar-refractivity contribution in [3.8, 4) is 34.0 Å². The van der Waals surface area contributed by atoms with Gasteiger partial charge < -0.3 is 10.3 Å². The number of nitrogens with one attached hydrogen (secondary N) is 3. The van der Waals surface area contributed by atoms with Crippen LogP contribution < -0.4 is 5.32 Å². The van der Waals surface area contributed by atoms with Crippen LogP contribution in [0.15, 0.2) is 67.4 Å². The maximum atomic E-state index is 12.0. The van der Waals surface area contributed by atoms with Crippen molar-refractivity contribution in [1.82, 2.24) is 40.1 Å². The number of hydrogen-bond acceptors (Lipinski definition) is 7. The van der Waals surface area contributed by atoms with Crippen LogP contribution in [0.3, 0.4) is 0 Å². The molecule has 6 aromatic rings. The average molecular weight is 476 g/mol. The minimum absolute atomic E-state index is 0.0412. The highest BCUT2D eigenvalue weighted by atomic mass is 16.1. The molecule has 0 atom stereocenters. The number of rotatable bonds is 6. The van der Waals surface area contributed by atoms with Crippen LogP contribution in [0.25, 0.3) is 56.1 Å². The summed E-state index contributed by atoms with van der Waals surface area (Å²) < 4.78 is 0. The van der Waals surface area contributed by atoms with Gasteiger partial charge in [0.2, 0.25) is 5.91 Å². The van der Waals surface area contributed by atoms with E-state index in [9.17, 15) is 4.79 Å². The third kappa shape index (κ3) is 3.94. The van der Waals surface area contributed by atoms with Gasteiger partial charge in [0, 0.05) is 41.5 Å². The number of carbonyl (C=O) groups is 1. The summed E-state index contributed by atoms with van der Waals surface area (Å²) in [5.74, 6) is 0.545. The predicted octanol–water partition coefficient (Wildman–Crippen LogP) is 4.76. The minimum Gasteiger partial charge on any atom is -0.335 e. The van der Waals surface area contributed by atoms with E-state index in [-0.39, 0.29) is 5.91 Å². The molecule has 1 amide bonds. The van der Waals surface area contributed by atoms with Crippen molar-refractivity contribution in [1.29, 1.82) is 0 Å². The number of nitrogens with zero attached hydrogens (tertiary/aromatic N) is 6. The van der Waals surface area contributed by atoms with Crippen LogP contribution in [0, 0.1) is 0 Å². The second-order valence-electron chi connectivity index (χ2n) is 8.31. The number of carbonyl (C=O) groups excluding carboxylic acids is 1. The van der Waals surface area contributed by atoms with E-state index in [1.165, 1.54) is 0 Å². The highest BCUT2D eigenvalue weighted by Crippen LogP contribution is 2.31. The van der Waals surface area contributed by atoms with Crippen LogP contribution in [-0.2, 0) is 4.79 Å². The zero-order chi connectivity index (χ0) is 24.5. The lowest BCUT2D eigenvalue weighted by Gasteiger charge is -2.06. The normalized spacial score (nSPS) is 11.2. The lowest BCUT2D eigenvalue weighted by atomic mass is 10.1. The van der Waals surface area contributed by atoms with E-state index in [2.05, 4.69) is 40.4 Å². The molecule has 3 N–H and O–H groups in total. The number of aromatic nitrogens is 8. The van der Waals surface area contributed by atoms with Crippen molar-refractivity contribution in [3.05, 3.63) is 67.4 Å². The third-order valence-electron chi connectivity index (χ3n) is 5.80. The van der Waals surface area contributed by atoms with E-state index in [1.807, 2.05) is 43.3 Å². The highest BCUT2D eigenvalue weighted by molar-refractivity contribution is 5.96. The lowest BCUT2D eigenvalue weighted by molar-refractivity contribution is -0.116. The van der Waals surface area contributed by atoms with E-state index in [0.29, 0.717) is 35.0 Å². The molecule has 0 radical (unpaired) electrons. The summed E-state index contributed by atoms with van der Waals surface area (Å²) in [6.07, 6.45) is 9.79. The Morgan fingerprint density at radius 2 is 1.94 bits per heavy atom. The summed E-state index contributed by atoms with van der Waals surface area (Å²) in [6, 6.07) is 11.5. The van der Waals surface area contributed by atoms with E-state index in [4.69, 9.17) is 4.98 Å². The number of fused-ring (bicyclic) bond motifs is 2. The standard InChI is InChI=1S/C26H21N9O/c1-2-5-22(36)31-16-10-15(12-27-13-16)20-11-18-21(14-30-20)34-35-24(18)26-32-23-17(7-9-29-25(23)33-26)19-6-3-4-8-28-19/h3-4,6-14H,2,5H2,1H3,(H,31,36)(H,34,35)(H,29,32,33). The van der Waals surface area contributed by atoms with Gasteiger partial charge in [0.15, 0.2) is 11.5 Å². The Balaban J connectivity index is 1.40. The maximum absolute atomic E-state index is 12.0. The molecule has 6 rings (SSSR count). The van der Waals surface area contributed by atoms with Gasteiger partial charge in [-0.3, -0.25) is 24.8 Å². The van der Waals surface area contributed by atoms with Crippen LogP contribution in [0.2, 0.25) is 0 Å². The zero-order valence-corrected chi connectivity index (χ0v) is 19.4. The fourth-order valence-corrected chi connectivity index (χ4v) is 4.11. The van der Waals surface area contributed by atoms with Gasteiger partial charge in [-0.1, -0.05) is 13.0 Å². The Labute approximate surface area is 205 Å². The first-order valence-corrected chi connectivity index (χ1v) is 11.6.